The summed E-state index contributed by atoms with van der Waals surface area (Å²) >= 11 is 5.70. The van der Waals surface area contributed by atoms with Crippen molar-refractivity contribution in [1.29, 1.82) is 0 Å². The average Bonchev–Trinajstić information content (AvgIpc) is 2.33. The third-order valence-electron chi connectivity index (χ3n) is 2.57. The summed E-state index contributed by atoms with van der Waals surface area (Å²) in [6, 6.07) is 6.82. The number of anilines is 1. The van der Waals surface area contributed by atoms with E-state index in [0.717, 1.165) is 11.1 Å². The lowest BCUT2D eigenvalue weighted by molar-refractivity contribution is 0.630. The highest BCUT2D eigenvalue weighted by atomic mass is 35.5. The van der Waals surface area contributed by atoms with Gasteiger partial charge in [0, 0.05) is 18.9 Å². The quantitative estimate of drug-likeness (QED) is 0.896. The Hall–Kier alpha value is -1.61. The third-order valence-corrected chi connectivity index (χ3v) is 2.86. The number of nitrogens with one attached hydrogen (secondary N) is 1. The van der Waals surface area contributed by atoms with Crippen LogP contribution >= 0.6 is 11.6 Å². The van der Waals surface area contributed by atoms with Crippen molar-refractivity contribution in [2.45, 2.75) is 13.5 Å². The summed E-state index contributed by atoms with van der Waals surface area (Å²) < 4.78 is 13.6. The van der Waals surface area contributed by atoms with Gasteiger partial charge in [-0.25, -0.2) is 4.39 Å². The van der Waals surface area contributed by atoms with E-state index >= 15 is 0 Å². The van der Waals surface area contributed by atoms with Gasteiger partial charge in [0.25, 0.3) is 0 Å². The fourth-order valence-electron chi connectivity index (χ4n) is 1.51. The molecule has 1 aromatic carbocycles. The van der Waals surface area contributed by atoms with Gasteiger partial charge < -0.3 is 5.32 Å². The molecule has 0 aliphatic rings. The minimum atomic E-state index is -0.421. The maximum Gasteiger partial charge on any atom is 0.164 e. The van der Waals surface area contributed by atoms with Crippen LogP contribution in [0.1, 0.15) is 11.1 Å². The molecule has 2 nitrogen and oxygen atoms in total. The zero-order chi connectivity index (χ0) is 12.3. The molecular weight excluding hydrogens is 239 g/mol. The molecule has 2 aromatic rings. The van der Waals surface area contributed by atoms with Crippen molar-refractivity contribution in [2.24, 2.45) is 0 Å². The summed E-state index contributed by atoms with van der Waals surface area (Å²) in [7, 11) is 0. The molecule has 0 amide bonds. The molecular formula is C13H12ClFN2. The minimum absolute atomic E-state index is 0.123. The topological polar surface area (TPSA) is 24.9 Å². The molecule has 1 heterocycles. The van der Waals surface area contributed by atoms with Gasteiger partial charge in [-0.1, -0.05) is 17.7 Å². The summed E-state index contributed by atoms with van der Waals surface area (Å²) in [5.74, 6) is -0.421. The number of rotatable bonds is 3. The van der Waals surface area contributed by atoms with Crippen LogP contribution in [0.2, 0.25) is 5.02 Å². The normalized spacial score (nSPS) is 10.3. The Balaban J connectivity index is 2.13. The Bertz CT molecular complexity index is 529. The molecule has 0 fully saturated rings. The van der Waals surface area contributed by atoms with Crippen LogP contribution in [-0.4, -0.2) is 4.98 Å². The Morgan fingerprint density at radius 2 is 2.18 bits per heavy atom. The maximum absolute atomic E-state index is 13.6. The Morgan fingerprint density at radius 3 is 2.94 bits per heavy atom. The van der Waals surface area contributed by atoms with Crippen molar-refractivity contribution in [3.8, 4) is 0 Å². The van der Waals surface area contributed by atoms with Gasteiger partial charge in [0.15, 0.2) is 5.82 Å². The number of halogens is 2. The number of aryl methyl sites for hydroxylation is 1. The predicted octanol–water partition coefficient (Wildman–Crippen LogP) is 3.79. The minimum Gasteiger partial charge on any atom is -0.378 e. The van der Waals surface area contributed by atoms with Gasteiger partial charge in [0.05, 0.1) is 10.7 Å². The number of aromatic nitrogens is 1. The summed E-state index contributed by atoms with van der Waals surface area (Å²) in [5.41, 5.74) is 2.56. The van der Waals surface area contributed by atoms with Gasteiger partial charge >= 0.3 is 0 Å². The van der Waals surface area contributed by atoms with Crippen LogP contribution in [-0.2, 0) is 6.54 Å². The van der Waals surface area contributed by atoms with E-state index in [-0.39, 0.29) is 5.02 Å². The van der Waals surface area contributed by atoms with E-state index < -0.39 is 5.82 Å². The molecule has 0 saturated heterocycles. The van der Waals surface area contributed by atoms with Gasteiger partial charge in [-0.05, 0) is 36.2 Å². The number of hydrogen-bond acceptors (Lipinski definition) is 2. The van der Waals surface area contributed by atoms with E-state index in [4.69, 9.17) is 11.6 Å². The van der Waals surface area contributed by atoms with Gasteiger partial charge in [-0.2, -0.15) is 0 Å². The van der Waals surface area contributed by atoms with Crippen molar-refractivity contribution in [1.82, 2.24) is 4.98 Å². The lowest BCUT2D eigenvalue weighted by Gasteiger charge is -2.09. The molecule has 0 spiro atoms. The molecule has 0 saturated carbocycles. The molecule has 0 bridgehead atoms. The number of benzene rings is 1. The fraction of sp³-hybridized carbons (Fsp3) is 0.154. The van der Waals surface area contributed by atoms with Crippen LogP contribution < -0.4 is 5.32 Å². The van der Waals surface area contributed by atoms with Crippen molar-refractivity contribution < 1.29 is 4.39 Å². The Morgan fingerprint density at radius 1 is 1.35 bits per heavy atom. The molecule has 0 aliphatic carbocycles. The van der Waals surface area contributed by atoms with Crippen LogP contribution in [0.5, 0.6) is 0 Å². The zero-order valence-electron chi connectivity index (χ0n) is 9.37. The predicted molar refractivity (Wildman–Crippen MR) is 67.7 cm³/mol. The summed E-state index contributed by atoms with van der Waals surface area (Å²) in [4.78, 5) is 4.04. The highest BCUT2D eigenvalue weighted by molar-refractivity contribution is 6.31. The number of pyridine rings is 1. The van der Waals surface area contributed by atoms with E-state index in [1.165, 1.54) is 6.07 Å². The Labute approximate surface area is 104 Å². The summed E-state index contributed by atoms with van der Waals surface area (Å²) in [6.45, 7) is 2.52. The van der Waals surface area contributed by atoms with Crippen molar-refractivity contribution in [3.63, 3.8) is 0 Å². The molecule has 0 radical (unpaired) electrons. The van der Waals surface area contributed by atoms with Crippen LogP contribution in [0.4, 0.5) is 10.1 Å². The first kappa shape index (κ1) is 11.9. The second-order valence-electron chi connectivity index (χ2n) is 3.76. The second-order valence-corrected chi connectivity index (χ2v) is 4.16. The molecule has 2 rings (SSSR count). The lowest BCUT2D eigenvalue weighted by Crippen LogP contribution is -2.03. The maximum atomic E-state index is 13.6. The monoisotopic (exact) mass is 250 g/mol. The van der Waals surface area contributed by atoms with E-state index in [1.807, 2.05) is 13.0 Å². The molecule has 88 valence electrons. The SMILES string of the molecule is Cc1ccncc1CNc1cccc(Cl)c1F. The fourth-order valence-corrected chi connectivity index (χ4v) is 1.69. The number of hydrogen-bond donors (Lipinski definition) is 1. The molecule has 0 atom stereocenters. The van der Waals surface area contributed by atoms with Gasteiger partial charge in [0.1, 0.15) is 0 Å². The highest BCUT2D eigenvalue weighted by Gasteiger charge is 2.06. The summed E-state index contributed by atoms with van der Waals surface area (Å²) in [5, 5.41) is 3.13. The standard InChI is InChI=1S/C13H12ClFN2/c1-9-5-6-16-7-10(9)8-17-12-4-2-3-11(14)13(12)15/h2-7,17H,8H2,1H3. The second kappa shape index (κ2) is 5.15. The zero-order valence-corrected chi connectivity index (χ0v) is 10.1. The molecule has 0 unspecified atom stereocenters. The summed E-state index contributed by atoms with van der Waals surface area (Å²) in [6.07, 6.45) is 3.50. The van der Waals surface area contributed by atoms with Crippen molar-refractivity contribution in [2.75, 3.05) is 5.32 Å². The van der Waals surface area contributed by atoms with E-state index in [1.54, 1.807) is 24.5 Å². The molecule has 1 N–H and O–H groups in total. The van der Waals surface area contributed by atoms with Crippen LogP contribution in [0, 0.1) is 12.7 Å². The smallest absolute Gasteiger partial charge is 0.164 e. The first-order valence-corrected chi connectivity index (χ1v) is 5.63. The van der Waals surface area contributed by atoms with E-state index in [2.05, 4.69) is 10.3 Å². The van der Waals surface area contributed by atoms with Gasteiger partial charge in [-0.3, -0.25) is 4.98 Å². The highest BCUT2D eigenvalue weighted by Crippen LogP contribution is 2.22. The van der Waals surface area contributed by atoms with Crippen molar-refractivity contribution >= 4 is 17.3 Å². The first-order chi connectivity index (χ1) is 8.18. The van der Waals surface area contributed by atoms with Gasteiger partial charge in [0.2, 0.25) is 0 Å². The van der Waals surface area contributed by atoms with Crippen LogP contribution in [0.25, 0.3) is 0 Å². The van der Waals surface area contributed by atoms with Gasteiger partial charge in [-0.15, -0.1) is 0 Å². The Kier molecular flexibility index (Phi) is 3.59. The van der Waals surface area contributed by atoms with Crippen molar-refractivity contribution in [3.05, 3.63) is 58.6 Å². The average molecular weight is 251 g/mol. The van der Waals surface area contributed by atoms with Crippen LogP contribution in [0.15, 0.2) is 36.7 Å². The van der Waals surface area contributed by atoms with E-state index in [9.17, 15) is 4.39 Å². The third kappa shape index (κ3) is 2.74. The molecule has 0 aliphatic heterocycles. The van der Waals surface area contributed by atoms with E-state index in [0.29, 0.717) is 12.2 Å². The number of nitrogens with zero attached hydrogens (tertiary/aromatic N) is 1. The lowest BCUT2D eigenvalue weighted by atomic mass is 10.1. The largest absolute Gasteiger partial charge is 0.378 e. The van der Waals surface area contributed by atoms with Crippen LogP contribution in [0.3, 0.4) is 0 Å². The molecule has 1 aromatic heterocycles. The molecule has 4 heteroatoms. The molecule has 17 heavy (non-hydrogen) atoms. The first-order valence-electron chi connectivity index (χ1n) is 5.26.